The first-order chi connectivity index (χ1) is 12.0. The molecular formula is C19H24N2O4. The second-order valence-corrected chi connectivity index (χ2v) is 6.60. The van der Waals surface area contributed by atoms with Crippen molar-refractivity contribution in [3.63, 3.8) is 0 Å². The van der Waals surface area contributed by atoms with E-state index in [1.54, 1.807) is 24.3 Å². The predicted molar refractivity (Wildman–Crippen MR) is 95.9 cm³/mol. The van der Waals surface area contributed by atoms with Crippen molar-refractivity contribution in [2.24, 2.45) is 0 Å². The molecule has 1 aliphatic rings. The van der Waals surface area contributed by atoms with E-state index in [0.29, 0.717) is 30.7 Å². The average molecular weight is 344 g/mol. The zero-order valence-corrected chi connectivity index (χ0v) is 14.7. The minimum atomic E-state index is -0.365. The lowest BCUT2D eigenvalue weighted by atomic mass is 9.95. The van der Waals surface area contributed by atoms with Gasteiger partial charge in [0.15, 0.2) is 11.2 Å². The third-order valence-electron chi connectivity index (χ3n) is 5.02. The van der Waals surface area contributed by atoms with Gasteiger partial charge in [0.2, 0.25) is 0 Å². The van der Waals surface area contributed by atoms with Crippen LogP contribution in [-0.2, 0) is 4.74 Å². The van der Waals surface area contributed by atoms with Gasteiger partial charge in [0, 0.05) is 31.2 Å². The van der Waals surface area contributed by atoms with E-state index in [2.05, 4.69) is 24.1 Å². The summed E-state index contributed by atoms with van der Waals surface area (Å²) < 4.78 is 11.0. The van der Waals surface area contributed by atoms with Gasteiger partial charge in [0.1, 0.15) is 5.58 Å². The van der Waals surface area contributed by atoms with Gasteiger partial charge < -0.3 is 14.5 Å². The normalized spacial score (nSPS) is 18.0. The number of fused-ring (bicyclic) bond motifs is 1. The molecule has 1 saturated heterocycles. The maximum absolute atomic E-state index is 12.5. The lowest BCUT2D eigenvalue weighted by Crippen LogP contribution is -2.56. The molecule has 1 N–H and O–H groups in total. The van der Waals surface area contributed by atoms with Crippen LogP contribution in [0.5, 0.6) is 0 Å². The molecule has 1 unspecified atom stereocenters. The van der Waals surface area contributed by atoms with Gasteiger partial charge in [-0.2, -0.15) is 0 Å². The molecule has 3 rings (SSSR count). The zero-order chi connectivity index (χ0) is 17.9. The highest BCUT2D eigenvalue weighted by Gasteiger charge is 2.32. The molecule has 0 saturated carbocycles. The Labute approximate surface area is 146 Å². The smallest absolute Gasteiger partial charge is 0.287 e. The first-order valence-electron chi connectivity index (χ1n) is 8.67. The fourth-order valence-electron chi connectivity index (χ4n) is 3.14. The summed E-state index contributed by atoms with van der Waals surface area (Å²) in [5.41, 5.74) is 0.0568. The van der Waals surface area contributed by atoms with Crippen molar-refractivity contribution in [1.29, 1.82) is 0 Å². The molecule has 0 bridgehead atoms. The number of hydrogen-bond acceptors (Lipinski definition) is 5. The Balaban J connectivity index is 1.74. The Kier molecular flexibility index (Phi) is 5.20. The van der Waals surface area contributed by atoms with Crippen molar-refractivity contribution in [2.75, 3.05) is 32.8 Å². The molecule has 2 aromatic rings. The molecule has 1 atom stereocenters. The van der Waals surface area contributed by atoms with Gasteiger partial charge in [-0.25, -0.2) is 0 Å². The minimum absolute atomic E-state index is 0.0455. The lowest BCUT2D eigenvalue weighted by Gasteiger charge is -2.43. The Bertz CT molecular complexity index is 810. The molecule has 6 heteroatoms. The molecule has 1 fully saturated rings. The minimum Gasteiger partial charge on any atom is -0.451 e. The van der Waals surface area contributed by atoms with Crippen molar-refractivity contribution in [2.45, 2.75) is 25.8 Å². The number of rotatable bonds is 5. The van der Waals surface area contributed by atoms with Gasteiger partial charge in [0.25, 0.3) is 5.91 Å². The Morgan fingerprint density at radius 3 is 2.72 bits per heavy atom. The van der Waals surface area contributed by atoms with Gasteiger partial charge in [0.05, 0.1) is 18.6 Å². The number of nitrogens with zero attached hydrogens (tertiary/aromatic N) is 1. The Hall–Kier alpha value is -2.18. The van der Waals surface area contributed by atoms with Crippen LogP contribution in [0.25, 0.3) is 11.0 Å². The van der Waals surface area contributed by atoms with Crippen molar-refractivity contribution >= 4 is 16.9 Å². The van der Waals surface area contributed by atoms with Crippen LogP contribution >= 0.6 is 0 Å². The van der Waals surface area contributed by atoms with E-state index in [0.717, 1.165) is 19.5 Å². The number of hydrogen-bond donors (Lipinski definition) is 1. The summed E-state index contributed by atoms with van der Waals surface area (Å²) in [6, 6.07) is 8.19. The van der Waals surface area contributed by atoms with Crippen molar-refractivity contribution in [3.05, 3.63) is 46.3 Å². The van der Waals surface area contributed by atoms with Crippen LogP contribution in [0.1, 0.15) is 30.8 Å². The zero-order valence-electron chi connectivity index (χ0n) is 14.7. The first-order valence-corrected chi connectivity index (χ1v) is 8.67. The largest absolute Gasteiger partial charge is 0.451 e. The van der Waals surface area contributed by atoms with E-state index in [4.69, 9.17) is 9.15 Å². The summed E-state index contributed by atoms with van der Waals surface area (Å²) in [5.74, 6) is -0.320. The van der Waals surface area contributed by atoms with Crippen LogP contribution in [0.3, 0.4) is 0 Å². The summed E-state index contributed by atoms with van der Waals surface area (Å²) in [6.45, 7) is 7.86. The number of benzene rings is 1. The van der Waals surface area contributed by atoms with E-state index in [1.807, 2.05) is 0 Å². The number of para-hydroxylation sites is 1. The number of carbonyl (C=O) groups is 1. The summed E-state index contributed by atoms with van der Waals surface area (Å²) in [6.07, 6.45) is 0.898. The van der Waals surface area contributed by atoms with Gasteiger partial charge in [-0.3, -0.25) is 14.5 Å². The third kappa shape index (κ3) is 3.75. The molecule has 1 aromatic heterocycles. The van der Waals surface area contributed by atoms with Crippen LogP contribution in [0.4, 0.5) is 0 Å². The maximum atomic E-state index is 12.5. The van der Waals surface area contributed by atoms with Crippen LogP contribution in [0.2, 0.25) is 0 Å². The highest BCUT2D eigenvalue weighted by Crippen LogP contribution is 2.20. The van der Waals surface area contributed by atoms with Crippen LogP contribution in [-0.4, -0.2) is 49.2 Å². The van der Waals surface area contributed by atoms with E-state index in [9.17, 15) is 9.59 Å². The summed E-state index contributed by atoms with van der Waals surface area (Å²) in [5, 5.41) is 3.40. The van der Waals surface area contributed by atoms with E-state index < -0.39 is 0 Å². The molecule has 0 aliphatic carbocycles. The van der Waals surface area contributed by atoms with Gasteiger partial charge in [-0.1, -0.05) is 19.1 Å². The molecule has 25 heavy (non-hydrogen) atoms. The quantitative estimate of drug-likeness (QED) is 0.898. The third-order valence-corrected chi connectivity index (χ3v) is 5.02. The highest BCUT2D eigenvalue weighted by molar-refractivity contribution is 5.93. The second-order valence-electron chi connectivity index (χ2n) is 6.60. The summed E-state index contributed by atoms with van der Waals surface area (Å²) in [4.78, 5) is 27.0. The van der Waals surface area contributed by atoms with E-state index in [-0.39, 0.29) is 22.6 Å². The predicted octanol–water partition coefficient (Wildman–Crippen LogP) is 2.02. The Morgan fingerprint density at radius 2 is 2.00 bits per heavy atom. The maximum Gasteiger partial charge on any atom is 0.287 e. The monoisotopic (exact) mass is 344 g/mol. The molecule has 2 heterocycles. The number of carbonyl (C=O) groups excluding carboxylic acids is 1. The van der Waals surface area contributed by atoms with E-state index >= 15 is 0 Å². The fraction of sp³-hybridized carbons (Fsp3) is 0.474. The number of amides is 1. The summed E-state index contributed by atoms with van der Waals surface area (Å²) in [7, 11) is 0. The average Bonchev–Trinajstić information content (AvgIpc) is 2.66. The highest BCUT2D eigenvalue weighted by atomic mass is 16.5. The van der Waals surface area contributed by atoms with Crippen molar-refractivity contribution < 1.29 is 13.9 Å². The van der Waals surface area contributed by atoms with E-state index in [1.165, 1.54) is 6.07 Å². The van der Waals surface area contributed by atoms with Crippen molar-refractivity contribution in [3.8, 4) is 0 Å². The van der Waals surface area contributed by atoms with Crippen LogP contribution < -0.4 is 10.7 Å². The molecule has 0 spiro atoms. The van der Waals surface area contributed by atoms with Gasteiger partial charge in [-0.15, -0.1) is 0 Å². The molecule has 1 aromatic carbocycles. The molecule has 6 nitrogen and oxygen atoms in total. The van der Waals surface area contributed by atoms with Crippen LogP contribution in [0, 0.1) is 0 Å². The molecule has 134 valence electrons. The number of morpholine rings is 1. The molecule has 0 radical (unpaired) electrons. The molecule has 1 amide bonds. The molecule has 1 aliphatic heterocycles. The molecular weight excluding hydrogens is 320 g/mol. The lowest BCUT2D eigenvalue weighted by molar-refractivity contribution is -0.0170. The SMILES string of the molecule is CCC(C)(CNC(=O)c1cc(=O)c2ccccc2o1)N1CCOCC1. The number of ether oxygens (including phenoxy) is 1. The fourth-order valence-corrected chi connectivity index (χ4v) is 3.14. The Morgan fingerprint density at radius 1 is 1.28 bits per heavy atom. The first kappa shape index (κ1) is 17.6. The van der Waals surface area contributed by atoms with Crippen molar-refractivity contribution in [1.82, 2.24) is 10.2 Å². The second kappa shape index (κ2) is 7.37. The van der Waals surface area contributed by atoms with Crippen LogP contribution in [0.15, 0.2) is 39.5 Å². The summed E-state index contributed by atoms with van der Waals surface area (Å²) >= 11 is 0. The van der Waals surface area contributed by atoms with Gasteiger partial charge in [-0.05, 0) is 25.5 Å². The number of nitrogens with one attached hydrogen (secondary N) is 1. The standard InChI is InChI=1S/C19H24N2O4/c1-3-19(2,21-8-10-24-11-9-21)13-20-18(23)17-12-15(22)14-6-4-5-7-16(14)25-17/h4-7,12H,3,8-11,13H2,1-2H3,(H,20,23). The van der Waals surface area contributed by atoms with Gasteiger partial charge >= 0.3 is 0 Å². The topological polar surface area (TPSA) is 71.8 Å².